The quantitative estimate of drug-likeness (QED) is 0.0334. The predicted octanol–water partition coefficient (Wildman–Crippen LogP) is 18.4. The Morgan fingerprint density at radius 2 is 0.810 bits per heavy atom. The van der Waals surface area contributed by atoms with E-state index in [4.69, 9.17) is 39.3 Å². The minimum absolute atomic E-state index is 0.0379. The number of amides is 5. The third-order valence-corrected chi connectivity index (χ3v) is 28.1. The Labute approximate surface area is 857 Å². The third-order valence-electron chi connectivity index (χ3n) is 24.9. The maximum Gasteiger partial charge on any atom is 0.416 e. The number of piperidine rings is 5. The first-order valence-corrected chi connectivity index (χ1v) is 50.2. The summed E-state index contributed by atoms with van der Waals surface area (Å²) in [5.41, 5.74) is 36.6. The number of aliphatic hydroxyl groups excluding tert-OH is 1. The molecule has 5 aliphatic rings. The Hall–Kier alpha value is -12.3. The van der Waals surface area contributed by atoms with Crippen LogP contribution in [0.3, 0.4) is 0 Å². The average Bonchev–Trinajstić information content (AvgIpc) is 1.63. The second-order valence-corrected chi connectivity index (χ2v) is 39.7. The number of aromatic nitrogens is 14. The van der Waals surface area contributed by atoms with Gasteiger partial charge in [0.15, 0.2) is 11.6 Å². The summed E-state index contributed by atoms with van der Waals surface area (Å²) < 4.78 is 75.5. The fraction of sp³-hybridized carbons (Fsp3) is 0.323. The first kappa shape index (κ1) is 103. The number of aliphatic hydroxyl groups is 1. The van der Waals surface area contributed by atoms with Gasteiger partial charge in [-0.25, -0.2) is 38.7 Å². The van der Waals surface area contributed by atoms with Crippen LogP contribution in [-0.2, 0) is 6.18 Å². The van der Waals surface area contributed by atoms with Crippen molar-refractivity contribution in [2.45, 2.75) is 114 Å². The topological polar surface area (TPSA) is 493 Å². The van der Waals surface area contributed by atoms with Gasteiger partial charge in [0.1, 0.15) is 39.7 Å². The van der Waals surface area contributed by atoms with Crippen molar-refractivity contribution in [2.24, 2.45) is 28.9 Å². The van der Waals surface area contributed by atoms with E-state index in [-0.39, 0.29) is 81.7 Å². The number of aryl methyl sites for hydroxylation is 1. The highest BCUT2D eigenvalue weighted by Crippen LogP contribution is 2.46. The second kappa shape index (κ2) is 46.0. The highest BCUT2D eigenvalue weighted by Gasteiger charge is 2.35. The van der Waals surface area contributed by atoms with Gasteiger partial charge < -0.3 is 109 Å². The second-order valence-electron chi connectivity index (χ2n) is 35.0. The van der Waals surface area contributed by atoms with Crippen LogP contribution in [0.25, 0.3) is 55.2 Å². The largest absolute Gasteiger partial charge is 0.494 e. The molecular formula is C96H101Br5ClF5N28O7. The molecule has 142 heavy (non-hydrogen) atoms. The Bertz CT molecular complexity index is 7090. The minimum atomic E-state index is -4.52. The summed E-state index contributed by atoms with van der Waals surface area (Å²) in [4.78, 5) is 120. The lowest BCUT2D eigenvalue weighted by atomic mass is 9.93. The van der Waals surface area contributed by atoms with Crippen LogP contribution in [0.2, 0.25) is 5.02 Å². The number of alkyl halides is 3. The van der Waals surface area contributed by atoms with Crippen LogP contribution in [0.4, 0.5) is 78.8 Å². The van der Waals surface area contributed by atoms with Crippen molar-refractivity contribution in [1.82, 2.24) is 70.0 Å². The summed E-state index contributed by atoms with van der Waals surface area (Å²) in [5, 5.41) is 33.9. The first-order valence-electron chi connectivity index (χ1n) is 45.8. The van der Waals surface area contributed by atoms with Crippen molar-refractivity contribution in [2.75, 3.05) is 130 Å². The Morgan fingerprint density at radius 3 is 1.15 bits per heavy atom. The van der Waals surface area contributed by atoms with Crippen LogP contribution in [0.5, 0.6) is 5.75 Å². The maximum atomic E-state index is 14.0. The summed E-state index contributed by atoms with van der Waals surface area (Å²) >= 11 is 23.8. The van der Waals surface area contributed by atoms with E-state index in [0.29, 0.717) is 74.4 Å². The number of ether oxygens (including phenoxy) is 1. The van der Waals surface area contributed by atoms with Gasteiger partial charge in [-0.2, -0.15) is 18.3 Å². The molecule has 20 N–H and O–H groups in total. The van der Waals surface area contributed by atoms with E-state index < -0.39 is 35.2 Å². The highest BCUT2D eigenvalue weighted by molar-refractivity contribution is 9.11. The minimum Gasteiger partial charge on any atom is -0.494 e. The van der Waals surface area contributed by atoms with Crippen LogP contribution in [0.1, 0.15) is 140 Å². The molecule has 5 aliphatic heterocycles. The number of hydrogen-bond acceptors (Lipinski definition) is 24. The number of aromatic amines is 6. The molecule has 46 heteroatoms. The standard InChI is InChI=1S/C22H23BrClFN4O2.C20H19BrF3N5O.C20H21BrFN5O2.C18H20BrN7O.C16H18BrN7O/c23-15-10-26-21-19(20(15)29-7-1-3-13(12-29)4-2-8-30)18(11-27-21)28-22(31)14-5-6-17(25)16(24)9-14;21-14-8-26-18-16(17(14)29-6-2-5-13(25)10-29)15(9-27-18)28-19(30)11-3-1-4-12(7-11)20(22,23)24;1-29-16-5-4-11(7-14(16)22)20(28)26-15-9-25-19-17(15)18(13(21)8-24-19)27-6-2-3-12(23)10-27;1-10-5-22-14(8-21-10)18(27)25-13-7-24-17-15(13)16(12(19)6-23-17)26-4-2-3-11(20)9-26;17-11-6-19-15-13(14(11)24-3-1-2-10(18)8-24)12(7-20-15)23-16(25)9-4-21-22-5-9/h5-6,9-11,13,30H,1-4,7-8,12H2,(H,26,27)(H,28,31);1,3-4,7-9,13H,2,5-6,10,25H2,(H,26,27)(H,28,30);4-5,7-9,12H,2-3,6,10,23H2,1H3,(H,24,25)(H,26,28);5-8,11H,2-4,9,20H2,1H3,(H,23,24)(H,25,27);4-7,10H,1-3,8,18H2,(H,19,20)(H,21,22)(H,23,25)/t2*13-;12-;11-;10-/m01111/s1. The summed E-state index contributed by atoms with van der Waals surface area (Å²) in [7, 11) is 1.38. The Kier molecular flexibility index (Phi) is 33.2. The number of halogens is 11. The molecule has 20 rings (SSSR count). The molecule has 35 nitrogen and oxygen atoms in total. The van der Waals surface area contributed by atoms with E-state index in [1.807, 2.05) is 6.92 Å². The molecule has 0 aliphatic carbocycles. The highest BCUT2D eigenvalue weighted by atomic mass is 79.9. The molecule has 0 saturated carbocycles. The fourth-order valence-electron chi connectivity index (χ4n) is 18.2. The van der Waals surface area contributed by atoms with Crippen LogP contribution in [-0.4, -0.2) is 208 Å². The Balaban J connectivity index is 0.000000128. The van der Waals surface area contributed by atoms with Crippen molar-refractivity contribution < 1.29 is 55.8 Å². The van der Waals surface area contributed by atoms with Gasteiger partial charge in [-0.3, -0.25) is 34.1 Å². The zero-order chi connectivity index (χ0) is 100. The van der Waals surface area contributed by atoms with E-state index in [9.17, 15) is 51.0 Å². The number of anilines is 10. The first-order chi connectivity index (χ1) is 68.3. The molecule has 5 amide bonds. The van der Waals surface area contributed by atoms with E-state index in [0.717, 1.165) is 238 Å². The number of rotatable bonds is 19. The molecule has 15 aromatic rings. The summed E-state index contributed by atoms with van der Waals surface area (Å²) in [5.74, 6) is -2.54. The van der Waals surface area contributed by atoms with Gasteiger partial charge in [0, 0.05) is 187 Å². The molecule has 3 aromatic carbocycles. The van der Waals surface area contributed by atoms with Gasteiger partial charge in [0.05, 0.1) is 148 Å². The zero-order valence-corrected chi connectivity index (χ0v) is 85.4. The fourth-order valence-corrected chi connectivity index (χ4v) is 21.1. The van der Waals surface area contributed by atoms with E-state index in [1.54, 1.807) is 74.4 Å². The van der Waals surface area contributed by atoms with Gasteiger partial charge >= 0.3 is 6.18 Å². The van der Waals surface area contributed by atoms with Gasteiger partial charge in [0.25, 0.3) is 29.5 Å². The molecule has 744 valence electrons. The number of nitrogens with zero attached hydrogens (tertiary/aromatic N) is 13. The molecule has 17 heterocycles. The smallest absolute Gasteiger partial charge is 0.416 e. The third kappa shape index (κ3) is 23.9. The number of carbonyl (C=O) groups excluding carboxylic acids is 5. The van der Waals surface area contributed by atoms with Gasteiger partial charge in [-0.05, 0) is 224 Å². The number of carbonyl (C=O) groups is 5. The van der Waals surface area contributed by atoms with Gasteiger partial charge in [-0.1, -0.05) is 17.7 Å². The summed E-state index contributed by atoms with van der Waals surface area (Å²) in [6, 6.07) is 12.7. The lowest BCUT2D eigenvalue weighted by Gasteiger charge is -2.35. The van der Waals surface area contributed by atoms with Gasteiger partial charge in [0.2, 0.25) is 0 Å². The lowest BCUT2D eigenvalue weighted by molar-refractivity contribution is -0.137. The zero-order valence-electron chi connectivity index (χ0n) is 76.7. The van der Waals surface area contributed by atoms with Crippen LogP contribution < -0.4 is 78.8 Å². The molecule has 5 saturated heterocycles. The maximum absolute atomic E-state index is 14.0. The van der Waals surface area contributed by atoms with Crippen molar-refractivity contribution in [1.29, 1.82) is 0 Å². The average molecular weight is 2290 g/mol. The lowest BCUT2D eigenvalue weighted by Crippen LogP contribution is -2.43. The van der Waals surface area contributed by atoms with Gasteiger partial charge in [-0.15, -0.1) is 0 Å². The number of nitrogens with two attached hydrogens (primary N) is 4. The molecule has 0 unspecified atom stereocenters. The number of fused-ring (bicyclic) bond motifs is 5. The number of methoxy groups -OCH3 is 1. The number of hydrogen-bond donors (Lipinski definition) is 16. The Morgan fingerprint density at radius 1 is 0.444 bits per heavy atom. The molecule has 0 bridgehead atoms. The van der Waals surface area contributed by atoms with Crippen molar-refractivity contribution in [3.8, 4) is 5.75 Å². The van der Waals surface area contributed by atoms with Crippen molar-refractivity contribution >= 4 is 233 Å². The monoisotopic (exact) mass is 2280 g/mol. The molecule has 5 atom stereocenters. The molecule has 0 radical (unpaired) electrons. The van der Waals surface area contributed by atoms with Crippen molar-refractivity contribution in [3.05, 3.63) is 226 Å². The van der Waals surface area contributed by atoms with Crippen molar-refractivity contribution in [3.63, 3.8) is 0 Å². The molecule has 0 spiro atoms. The van der Waals surface area contributed by atoms with E-state index in [2.05, 4.69) is 201 Å². The van der Waals surface area contributed by atoms with Crippen LogP contribution >= 0.6 is 91.3 Å². The SMILES string of the molecule is COc1ccc(C(=O)Nc2c[nH]c3ncc(Br)c(N4CCC[C@@H](N)C4)c23)cc1F.Cc1cnc(C(=O)Nc2c[nH]c3ncc(Br)c(N4CCC[C@@H](N)C4)c23)cn1.N[C@@H]1CCCN(c2c(Br)cnc3[nH]cc(NC(=O)c4cccc(C(F)(F)F)c4)c23)C1.N[C@@H]1CCCN(c2c(Br)cnc3[nH]cc(NC(=O)c4cn[nH]c4)c23)C1.O=C(Nc1c[nH]c2ncc(Br)c(N3CCC[C@@H](CCCO)C3)c12)c1ccc(F)c(Cl)c1. The normalized spacial score (nSPS) is 17.2. The number of nitrogens with one attached hydrogen (secondary N) is 11. The number of H-pyrrole nitrogens is 6. The van der Waals surface area contributed by atoms with Crippen LogP contribution in [0, 0.1) is 24.5 Å². The predicted molar refractivity (Wildman–Crippen MR) is 559 cm³/mol. The van der Waals surface area contributed by atoms with E-state index in [1.165, 1.54) is 62.0 Å². The summed E-state index contributed by atoms with van der Waals surface area (Å²) in [6.45, 7) is 10.2. The number of benzene rings is 3. The number of pyridine rings is 5. The van der Waals surface area contributed by atoms with E-state index >= 15 is 0 Å². The molecular weight excluding hydrogens is 2190 g/mol. The molecule has 12 aromatic heterocycles. The summed E-state index contributed by atoms with van der Waals surface area (Å²) in [6.07, 6.45) is 30.7. The molecule has 5 fully saturated rings. The van der Waals surface area contributed by atoms with Crippen LogP contribution in [0.15, 0.2) is 170 Å².